The summed E-state index contributed by atoms with van der Waals surface area (Å²) in [6, 6.07) is 13.3. The monoisotopic (exact) mass is 540 g/mol. The van der Waals surface area contributed by atoms with E-state index in [4.69, 9.17) is 0 Å². The van der Waals surface area contributed by atoms with Crippen molar-refractivity contribution in [2.45, 2.75) is 36.5 Å². The molecule has 3 aromatic rings. The number of hydrogen-bond donors (Lipinski definition) is 2. The van der Waals surface area contributed by atoms with Crippen LogP contribution >= 0.6 is 0 Å². The predicted octanol–water partition coefficient (Wildman–Crippen LogP) is 2.75. The number of carbonyl (C=O) groups is 3. The molecule has 1 aromatic carbocycles. The van der Waals surface area contributed by atoms with Gasteiger partial charge < -0.3 is 20.4 Å². The summed E-state index contributed by atoms with van der Waals surface area (Å²) in [7, 11) is 0. The van der Waals surface area contributed by atoms with Crippen LogP contribution in [0.2, 0.25) is 0 Å². The number of piperidine rings is 1. The van der Waals surface area contributed by atoms with Gasteiger partial charge in [-0.2, -0.15) is 0 Å². The number of carbonyl (C=O) groups excluding carboxylic acids is 3. The van der Waals surface area contributed by atoms with Crippen molar-refractivity contribution in [3.8, 4) is 0 Å². The highest BCUT2D eigenvalue weighted by Gasteiger charge is 2.53. The minimum absolute atomic E-state index is 0.0707. The zero-order valence-electron chi connectivity index (χ0n) is 22.0. The fraction of sp³-hybridized carbons (Fsp3) is 0.367. The van der Waals surface area contributed by atoms with Crippen molar-refractivity contribution >= 4 is 35.0 Å². The Morgan fingerprint density at radius 3 is 2.60 bits per heavy atom. The number of rotatable bonds is 5. The first kappa shape index (κ1) is 24.8. The van der Waals surface area contributed by atoms with E-state index in [-0.39, 0.29) is 24.3 Å². The third-order valence-electron chi connectivity index (χ3n) is 9.10. The third kappa shape index (κ3) is 3.66. The highest BCUT2D eigenvalue weighted by Crippen LogP contribution is 2.48. The van der Waals surface area contributed by atoms with Crippen LogP contribution in [0.1, 0.15) is 35.1 Å². The SMILES string of the molecule is O=C(CN1C(=O)C2(CCN(CCF)CC2)c2ccccc21)Nc1cc2c(cn1)CC1(C2)C(=O)Nc2ncccc21. The number of nitrogens with zero attached hydrogens (tertiary/aromatic N) is 4. The smallest absolute Gasteiger partial charge is 0.245 e. The molecule has 1 saturated heterocycles. The third-order valence-corrected chi connectivity index (χ3v) is 9.10. The lowest BCUT2D eigenvalue weighted by Gasteiger charge is -2.38. The van der Waals surface area contributed by atoms with Crippen LogP contribution in [0.25, 0.3) is 0 Å². The topological polar surface area (TPSA) is 108 Å². The number of fused-ring (bicyclic) bond motifs is 5. The Morgan fingerprint density at radius 1 is 1.00 bits per heavy atom. The van der Waals surface area contributed by atoms with Gasteiger partial charge in [-0.25, -0.2) is 14.4 Å². The number of anilines is 3. The van der Waals surface area contributed by atoms with Crippen molar-refractivity contribution in [1.29, 1.82) is 0 Å². The summed E-state index contributed by atoms with van der Waals surface area (Å²) in [6.45, 7) is 1.13. The molecule has 0 radical (unpaired) electrons. The molecule has 4 aliphatic rings. The lowest BCUT2D eigenvalue weighted by atomic mass is 9.73. The molecule has 3 aliphatic heterocycles. The first-order chi connectivity index (χ1) is 19.4. The summed E-state index contributed by atoms with van der Waals surface area (Å²) in [5.74, 6) is 0.497. The number of pyridine rings is 2. The van der Waals surface area contributed by atoms with Crippen molar-refractivity contribution in [1.82, 2.24) is 14.9 Å². The molecule has 3 amide bonds. The molecule has 40 heavy (non-hydrogen) atoms. The van der Waals surface area contributed by atoms with Crippen LogP contribution in [0.15, 0.2) is 54.9 Å². The van der Waals surface area contributed by atoms with Gasteiger partial charge in [0.25, 0.3) is 0 Å². The highest BCUT2D eigenvalue weighted by atomic mass is 19.1. The van der Waals surface area contributed by atoms with Crippen LogP contribution < -0.4 is 15.5 Å². The Bertz CT molecular complexity index is 1550. The standard InChI is InChI=1S/C30H29FN6O3/c31-9-13-36-11-7-29(8-12-36)21-4-1-2-6-23(21)37(28(29)40)18-25(38)34-24-14-19-15-30(16-20(19)17-33-24)22-5-3-10-32-26(22)35-27(30)39/h1-6,10,14,17H,7-9,11-13,15-16,18H2,(H,32,35,39)(H,33,34,38). The zero-order chi connectivity index (χ0) is 27.5. The van der Waals surface area contributed by atoms with Crippen LogP contribution in [0.5, 0.6) is 0 Å². The molecule has 0 bridgehead atoms. The maximum Gasteiger partial charge on any atom is 0.245 e. The number of aromatic nitrogens is 2. The Hall–Kier alpha value is -4.18. The molecule has 204 valence electrons. The van der Waals surface area contributed by atoms with E-state index in [9.17, 15) is 18.8 Å². The van der Waals surface area contributed by atoms with Crippen molar-refractivity contribution in [3.63, 3.8) is 0 Å². The van der Waals surface area contributed by atoms with Crippen LogP contribution in [-0.2, 0) is 38.1 Å². The van der Waals surface area contributed by atoms with Gasteiger partial charge >= 0.3 is 0 Å². The molecule has 0 saturated carbocycles. The van der Waals surface area contributed by atoms with Gasteiger partial charge in [-0.15, -0.1) is 0 Å². The fourth-order valence-corrected chi connectivity index (χ4v) is 7.06. The van der Waals surface area contributed by atoms with Gasteiger partial charge in [0.05, 0.1) is 10.8 Å². The quantitative estimate of drug-likeness (QED) is 0.516. The van der Waals surface area contributed by atoms with E-state index in [0.29, 0.717) is 57.0 Å². The van der Waals surface area contributed by atoms with Gasteiger partial charge in [0.1, 0.15) is 24.9 Å². The summed E-state index contributed by atoms with van der Waals surface area (Å²) in [6.07, 6.45) is 5.60. The highest BCUT2D eigenvalue weighted by molar-refractivity contribution is 6.12. The predicted molar refractivity (Wildman–Crippen MR) is 147 cm³/mol. The lowest BCUT2D eigenvalue weighted by molar-refractivity contribution is -0.126. The fourth-order valence-electron chi connectivity index (χ4n) is 7.06. The van der Waals surface area contributed by atoms with E-state index in [2.05, 4.69) is 20.6 Å². The normalized spacial score (nSPS) is 22.4. The van der Waals surface area contributed by atoms with E-state index in [1.54, 1.807) is 17.3 Å². The van der Waals surface area contributed by atoms with Crippen molar-refractivity contribution in [2.75, 3.05) is 48.4 Å². The molecule has 2 N–H and O–H groups in total. The zero-order valence-corrected chi connectivity index (χ0v) is 22.0. The van der Waals surface area contributed by atoms with Gasteiger partial charge in [0, 0.05) is 30.2 Å². The molecule has 1 atom stereocenters. The van der Waals surface area contributed by atoms with Gasteiger partial charge in [-0.1, -0.05) is 24.3 Å². The second kappa shape index (κ2) is 9.19. The number of nitrogens with one attached hydrogen (secondary N) is 2. The van der Waals surface area contributed by atoms with Crippen molar-refractivity contribution in [2.24, 2.45) is 0 Å². The van der Waals surface area contributed by atoms with Gasteiger partial charge in [0.15, 0.2) is 0 Å². The summed E-state index contributed by atoms with van der Waals surface area (Å²) < 4.78 is 12.9. The minimum atomic E-state index is -0.712. The molecule has 2 aromatic heterocycles. The van der Waals surface area contributed by atoms with Gasteiger partial charge in [-0.05, 0) is 73.7 Å². The van der Waals surface area contributed by atoms with Crippen LogP contribution in [0, 0.1) is 0 Å². The number of para-hydroxylation sites is 1. The van der Waals surface area contributed by atoms with Crippen LogP contribution in [0.3, 0.4) is 0 Å². The largest absolute Gasteiger partial charge is 0.310 e. The van der Waals surface area contributed by atoms with Crippen LogP contribution in [-0.4, -0.2) is 65.4 Å². The number of likely N-dealkylation sites (tertiary alicyclic amines) is 1. The summed E-state index contributed by atoms with van der Waals surface area (Å²) in [4.78, 5) is 52.4. The number of alkyl halides is 1. The molecule has 10 heteroatoms. The molecule has 1 unspecified atom stereocenters. The number of amides is 3. The Kier molecular flexibility index (Phi) is 5.71. The molecule has 1 fully saturated rings. The second-order valence-corrected chi connectivity index (χ2v) is 11.2. The van der Waals surface area contributed by atoms with Crippen LogP contribution in [0.4, 0.5) is 21.7 Å². The molecule has 5 heterocycles. The molecule has 1 aliphatic carbocycles. The number of benzene rings is 1. The number of hydrogen-bond acceptors (Lipinski definition) is 6. The molecular formula is C30H29FN6O3. The average Bonchev–Trinajstić information content (AvgIpc) is 3.55. The van der Waals surface area contributed by atoms with Crippen molar-refractivity contribution < 1.29 is 18.8 Å². The summed E-state index contributed by atoms with van der Waals surface area (Å²) in [5, 5.41) is 5.77. The van der Waals surface area contributed by atoms with E-state index < -0.39 is 17.5 Å². The number of halogens is 1. The van der Waals surface area contributed by atoms with E-state index in [1.165, 1.54) is 0 Å². The second-order valence-electron chi connectivity index (χ2n) is 11.2. The molecular weight excluding hydrogens is 511 g/mol. The van der Waals surface area contributed by atoms with E-state index in [1.807, 2.05) is 47.4 Å². The van der Waals surface area contributed by atoms with E-state index >= 15 is 0 Å². The lowest BCUT2D eigenvalue weighted by Crippen LogP contribution is -2.50. The average molecular weight is 541 g/mol. The van der Waals surface area contributed by atoms with Gasteiger partial charge in [0.2, 0.25) is 17.7 Å². The molecule has 9 nitrogen and oxygen atoms in total. The molecule has 2 spiro atoms. The van der Waals surface area contributed by atoms with Gasteiger partial charge in [-0.3, -0.25) is 14.4 Å². The summed E-state index contributed by atoms with van der Waals surface area (Å²) >= 11 is 0. The van der Waals surface area contributed by atoms with E-state index in [0.717, 1.165) is 27.9 Å². The maximum atomic E-state index is 13.8. The minimum Gasteiger partial charge on any atom is -0.310 e. The van der Waals surface area contributed by atoms with Crippen molar-refractivity contribution in [3.05, 3.63) is 77.1 Å². The first-order valence-electron chi connectivity index (χ1n) is 13.7. The Labute approximate surface area is 230 Å². The molecule has 7 rings (SSSR count). The summed E-state index contributed by atoms with van der Waals surface area (Å²) in [5.41, 5.74) is 3.11. The Morgan fingerprint density at radius 2 is 1.77 bits per heavy atom. The Balaban J connectivity index is 1.08. The first-order valence-corrected chi connectivity index (χ1v) is 13.7. The maximum absolute atomic E-state index is 13.8.